The Hall–Kier alpha value is -4.33. The number of hydrogen-bond donors (Lipinski definition) is 2. The summed E-state index contributed by atoms with van der Waals surface area (Å²) in [5.41, 5.74) is 13.9. The Morgan fingerprint density at radius 3 is 2.62 bits per heavy atom. The van der Waals surface area contributed by atoms with E-state index in [9.17, 15) is 4.79 Å². The van der Waals surface area contributed by atoms with Gasteiger partial charge >= 0.3 is 6.03 Å². The van der Waals surface area contributed by atoms with Gasteiger partial charge in [0.05, 0.1) is 18.5 Å². The maximum absolute atomic E-state index is 11.3. The second-order valence-electron chi connectivity index (χ2n) is 9.62. The molecule has 37 heavy (non-hydrogen) atoms. The van der Waals surface area contributed by atoms with Crippen molar-refractivity contribution in [3.05, 3.63) is 83.2 Å². The second kappa shape index (κ2) is 9.97. The fourth-order valence-corrected chi connectivity index (χ4v) is 5.10. The van der Waals surface area contributed by atoms with Crippen molar-refractivity contribution in [2.24, 2.45) is 5.73 Å². The van der Waals surface area contributed by atoms with E-state index in [1.54, 1.807) is 19.4 Å². The Morgan fingerprint density at radius 2 is 1.92 bits per heavy atom. The lowest BCUT2D eigenvalue weighted by molar-refractivity contribution is 0.259. The minimum absolute atomic E-state index is 0.400. The van der Waals surface area contributed by atoms with E-state index in [0.29, 0.717) is 11.7 Å². The molecular weight excluding hydrogens is 464 g/mol. The summed E-state index contributed by atoms with van der Waals surface area (Å²) in [4.78, 5) is 18.2. The van der Waals surface area contributed by atoms with E-state index < -0.39 is 6.03 Å². The van der Waals surface area contributed by atoms with E-state index in [-0.39, 0.29) is 0 Å². The average Bonchev–Trinajstić information content (AvgIpc) is 3.26. The molecule has 2 aromatic carbocycles. The zero-order chi connectivity index (χ0) is 26.1. The molecule has 4 aromatic rings. The highest BCUT2D eigenvalue weighted by Gasteiger charge is 2.29. The molecule has 3 N–H and O–H groups in total. The molecule has 0 radical (unpaired) electrons. The van der Waals surface area contributed by atoms with Gasteiger partial charge in [0, 0.05) is 42.5 Å². The van der Waals surface area contributed by atoms with Crippen LogP contribution in [0.3, 0.4) is 0 Å². The van der Waals surface area contributed by atoms with E-state index in [1.165, 1.54) is 11.3 Å². The number of carbonyl (C=O) groups excluding carboxylic acids is 1. The molecular formula is C29H32N6O2. The van der Waals surface area contributed by atoms with Gasteiger partial charge in [-0.1, -0.05) is 44.2 Å². The number of nitrogens with two attached hydrogens (primary N) is 1. The summed E-state index contributed by atoms with van der Waals surface area (Å²) in [7, 11) is 1.68. The predicted molar refractivity (Wildman–Crippen MR) is 147 cm³/mol. The van der Waals surface area contributed by atoms with Gasteiger partial charge in [-0.3, -0.25) is 5.32 Å². The SMILES string of the molecule is COc1cccc(C)c1-n1nc2c(c1-c1ccc(NC(N)=O)nc1)CN(c1ccccc1C(C)C)CC2. The number of hydrogen-bond acceptors (Lipinski definition) is 5. The van der Waals surface area contributed by atoms with Crippen LogP contribution in [-0.2, 0) is 13.0 Å². The summed E-state index contributed by atoms with van der Waals surface area (Å²) in [6.45, 7) is 8.14. The number of nitrogens with zero attached hydrogens (tertiary/aromatic N) is 4. The molecule has 0 fully saturated rings. The number of carbonyl (C=O) groups is 1. The van der Waals surface area contributed by atoms with Crippen molar-refractivity contribution in [1.82, 2.24) is 14.8 Å². The van der Waals surface area contributed by atoms with Crippen molar-refractivity contribution in [2.75, 3.05) is 23.9 Å². The Morgan fingerprint density at radius 1 is 1.11 bits per heavy atom. The molecule has 2 aromatic heterocycles. The Bertz CT molecular complexity index is 1440. The Kier molecular flexibility index (Phi) is 6.56. The van der Waals surface area contributed by atoms with Crippen molar-refractivity contribution in [3.63, 3.8) is 0 Å². The standard InChI is InChI=1S/C29H32N6O2/c1-18(2)21-9-5-6-10-24(21)34-15-14-23-22(17-34)28(20-12-13-26(31-16-20)32-29(30)36)35(33-23)27-19(3)8-7-11-25(27)37-4/h5-13,16,18H,14-15,17H2,1-4H3,(H3,30,31,32,36). The van der Waals surface area contributed by atoms with E-state index in [4.69, 9.17) is 15.6 Å². The number of pyridine rings is 1. The van der Waals surface area contributed by atoms with Crippen LogP contribution in [0, 0.1) is 6.92 Å². The van der Waals surface area contributed by atoms with Gasteiger partial charge in [-0.2, -0.15) is 5.10 Å². The molecule has 8 heteroatoms. The maximum atomic E-state index is 11.3. The number of amides is 2. The molecule has 1 aliphatic rings. The van der Waals surface area contributed by atoms with Crippen LogP contribution < -0.4 is 20.7 Å². The van der Waals surface area contributed by atoms with Gasteiger partial charge in [-0.05, 0) is 48.2 Å². The van der Waals surface area contributed by atoms with Gasteiger partial charge in [-0.15, -0.1) is 0 Å². The Labute approximate surface area is 217 Å². The zero-order valence-corrected chi connectivity index (χ0v) is 21.7. The van der Waals surface area contributed by atoms with Crippen LogP contribution in [0.4, 0.5) is 16.3 Å². The first-order valence-electron chi connectivity index (χ1n) is 12.5. The predicted octanol–water partition coefficient (Wildman–Crippen LogP) is 5.43. The van der Waals surface area contributed by atoms with E-state index in [2.05, 4.69) is 66.3 Å². The number of primary amides is 1. The number of ether oxygens (including phenoxy) is 1. The highest BCUT2D eigenvalue weighted by Crippen LogP contribution is 2.38. The number of nitrogens with one attached hydrogen (secondary N) is 1. The summed E-state index contributed by atoms with van der Waals surface area (Å²) in [6.07, 6.45) is 2.58. The first kappa shape index (κ1) is 24.4. The lowest BCUT2D eigenvalue weighted by Crippen LogP contribution is -2.31. The molecule has 5 rings (SSSR count). The van der Waals surface area contributed by atoms with Crippen molar-refractivity contribution >= 4 is 17.5 Å². The Balaban J connectivity index is 1.67. The van der Waals surface area contributed by atoms with Gasteiger partial charge in [0.15, 0.2) is 0 Å². The number of para-hydroxylation sites is 2. The van der Waals surface area contributed by atoms with Crippen LogP contribution in [0.2, 0.25) is 0 Å². The second-order valence-corrected chi connectivity index (χ2v) is 9.62. The smallest absolute Gasteiger partial charge is 0.317 e. The average molecular weight is 497 g/mol. The normalized spacial score (nSPS) is 12.9. The van der Waals surface area contributed by atoms with Gasteiger partial charge in [-0.25, -0.2) is 14.5 Å². The molecule has 1 aliphatic heterocycles. The summed E-state index contributed by atoms with van der Waals surface area (Å²) < 4.78 is 7.75. The number of anilines is 2. The number of urea groups is 1. The minimum Gasteiger partial charge on any atom is -0.494 e. The van der Waals surface area contributed by atoms with Crippen molar-refractivity contribution < 1.29 is 9.53 Å². The largest absolute Gasteiger partial charge is 0.494 e. The quantitative estimate of drug-likeness (QED) is 0.371. The van der Waals surface area contributed by atoms with Crippen molar-refractivity contribution in [2.45, 2.75) is 39.7 Å². The molecule has 0 saturated carbocycles. The van der Waals surface area contributed by atoms with Crippen LogP contribution in [0.15, 0.2) is 60.8 Å². The molecule has 2 amide bonds. The molecule has 0 atom stereocenters. The fourth-order valence-electron chi connectivity index (χ4n) is 5.10. The molecule has 0 spiro atoms. The maximum Gasteiger partial charge on any atom is 0.317 e. The fraction of sp³-hybridized carbons (Fsp3) is 0.276. The lowest BCUT2D eigenvalue weighted by Gasteiger charge is -2.31. The third kappa shape index (κ3) is 4.62. The van der Waals surface area contributed by atoms with E-state index >= 15 is 0 Å². The highest BCUT2D eigenvalue weighted by atomic mass is 16.5. The van der Waals surface area contributed by atoms with E-state index in [1.807, 2.05) is 22.9 Å². The number of aryl methyl sites for hydroxylation is 1. The summed E-state index contributed by atoms with van der Waals surface area (Å²) in [5.74, 6) is 1.57. The topological polar surface area (TPSA) is 98.3 Å². The first-order chi connectivity index (χ1) is 17.9. The minimum atomic E-state index is -0.647. The number of fused-ring (bicyclic) bond motifs is 1. The van der Waals surface area contributed by atoms with Crippen molar-refractivity contribution in [3.8, 4) is 22.7 Å². The molecule has 0 unspecified atom stereocenters. The molecule has 3 heterocycles. The van der Waals surface area contributed by atoms with Gasteiger partial charge in [0.2, 0.25) is 0 Å². The molecule has 0 aliphatic carbocycles. The number of benzene rings is 2. The number of methoxy groups -OCH3 is 1. The van der Waals surface area contributed by atoms with Gasteiger partial charge in [0.25, 0.3) is 0 Å². The van der Waals surface area contributed by atoms with Gasteiger partial charge in [0.1, 0.15) is 17.3 Å². The van der Waals surface area contributed by atoms with Crippen LogP contribution in [0.25, 0.3) is 16.9 Å². The van der Waals surface area contributed by atoms with Crippen LogP contribution in [0.5, 0.6) is 5.75 Å². The number of rotatable bonds is 6. The third-order valence-corrected chi connectivity index (χ3v) is 6.85. The monoisotopic (exact) mass is 496 g/mol. The van der Waals surface area contributed by atoms with Crippen LogP contribution >= 0.6 is 0 Å². The molecule has 0 bridgehead atoms. The van der Waals surface area contributed by atoms with Crippen molar-refractivity contribution in [1.29, 1.82) is 0 Å². The first-order valence-corrected chi connectivity index (χ1v) is 12.5. The summed E-state index contributed by atoms with van der Waals surface area (Å²) in [5, 5.41) is 7.65. The number of aromatic nitrogens is 3. The molecule has 0 saturated heterocycles. The van der Waals surface area contributed by atoms with Crippen LogP contribution in [0.1, 0.15) is 42.1 Å². The lowest BCUT2D eigenvalue weighted by atomic mass is 9.97. The van der Waals surface area contributed by atoms with Crippen LogP contribution in [-0.4, -0.2) is 34.5 Å². The third-order valence-electron chi connectivity index (χ3n) is 6.85. The summed E-state index contributed by atoms with van der Waals surface area (Å²) >= 11 is 0. The zero-order valence-electron chi connectivity index (χ0n) is 21.7. The highest BCUT2D eigenvalue weighted by molar-refractivity contribution is 5.87. The molecule has 8 nitrogen and oxygen atoms in total. The molecule has 190 valence electrons. The van der Waals surface area contributed by atoms with E-state index in [0.717, 1.165) is 59.0 Å². The summed E-state index contributed by atoms with van der Waals surface area (Å²) in [6, 6.07) is 17.7. The van der Waals surface area contributed by atoms with Gasteiger partial charge < -0.3 is 15.4 Å².